The van der Waals surface area contributed by atoms with Crippen LogP contribution in [-0.2, 0) is 11.2 Å². The molecular weight excluding hydrogens is 432 g/mol. The minimum absolute atomic E-state index is 0. The summed E-state index contributed by atoms with van der Waals surface area (Å²) >= 11 is 1.16. The first-order valence-electron chi connectivity index (χ1n) is 9.88. The fraction of sp³-hybridized carbons (Fsp3) is 0.364. The van der Waals surface area contributed by atoms with Gasteiger partial charge >= 0.3 is 0 Å². The van der Waals surface area contributed by atoms with Crippen molar-refractivity contribution < 1.29 is 4.79 Å². The van der Waals surface area contributed by atoms with Crippen molar-refractivity contribution in [1.29, 1.82) is 10.5 Å². The standard InChI is InChI=1S/C22H24N6OS.ClH/c1-2-16-17(12-23)21(28-10-8-15(25)9-11-28)27-22(18(16)13-24)30-19(20(26)29)14-6-4-3-5-7-14;/h3-7,15,19H,2,8-11,25H2,1H3,(H2,26,29);1H. The van der Waals surface area contributed by atoms with Crippen LogP contribution in [0, 0.1) is 22.7 Å². The Morgan fingerprint density at radius 2 is 1.84 bits per heavy atom. The molecule has 1 aromatic carbocycles. The Hall–Kier alpha value is -2.78. The topological polar surface area (TPSA) is 133 Å². The van der Waals surface area contributed by atoms with E-state index in [-0.39, 0.29) is 18.4 Å². The van der Waals surface area contributed by atoms with Crippen LogP contribution in [0.4, 0.5) is 5.82 Å². The van der Waals surface area contributed by atoms with E-state index in [4.69, 9.17) is 16.5 Å². The zero-order valence-electron chi connectivity index (χ0n) is 17.2. The summed E-state index contributed by atoms with van der Waals surface area (Å²) in [5.74, 6) is 0.0452. The van der Waals surface area contributed by atoms with E-state index in [0.717, 1.165) is 30.2 Å². The molecule has 2 aromatic rings. The summed E-state index contributed by atoms with van der Waals surface area (Å²) in [6.07, 6.45) is 2.13. The maximum atomic E-state index is 12.2. The van der Waals surface area contributed by atoms with Crippen LogP contribution in [0.15, 0.2) is 35.4 Å². The Morgan fingerprint density at radius 1 is 1.23 bits per heavy atom. The third kappa shape index (κ3) is 5.29. The number of halogens is 1. The number of benzene rings is 1. The quantitative estimate of drug-likeness (QED) is 0.638. The molecular formula is C22H25ClN6OS. The highest BCUT2D eigenvalue weighted by molar-refractivity contribution is 8.00. The smallest absolute Gasteiger partial charge is 0.235 e. The van der Waals surface area contributed by atoms with E-state index in [1.807, 2.05) is 42.2 Å². The Bertz CT molecular complexity index is 1010. The second-order valence-corrected chi connectivity index (χ2v) is 8.28. The van der Waals surface area contributed by atoms with Gasteiger partial charge in [-0.25, -0.2) is 4.98 Å². The third-order valence-corrected chi connectivity index (χ3v) is 6.51. The maximum Gasteiger partial charge on any atom is 0.235 e. The molecule has 162 valence electrons. The zero-order chi connectivity index (χ0) is 21.7. The Balaban J connectivity index is 0.00000341. The molecule has 1 aliphatic rings. The predicted molar refractivity (Wildman–Crippen MR) is 124 cm³/mol. The number of carbonyl (C=O) groups is 1. The van der Waals surface area contributed by atoms with Gasteiger partial charge in [-0.2, -0.15) is 10.5 Å². The number of nitrogens with two attached hydrogens (primary N) is 2. The number of nitrogens with zero attached hydrogens (tertiary/aromatic N) is 4. The molecule has 1 fully saturated rings. The summed E-state index contributed by atoms with van der Waals surface area (Å²) in [7, 11) is 0. The molecule has 0 bridgehead atoms. The number of carbonyl (C=O) groups excluding carboxylic acids is 1. The lowest BCUT2D eigenvalue weighted by Gasteiger charge is -2.32. The molecule has 1 aliphatic heterocycles. The minimum atomic E-state index is -0.689. The molecule has 1 amide bonds. The molecule has 0 aliphatic carbocycles. The first-order valence-corrected chi connectivity index (χ1v) is 10.8. The first-order chi connectivity index (χ1) is 14.5. The first kappa shape index (κ1) is 24.5. The second-order valence-electron chi connectivity index (χ2n) is 7.18. The van der Waals surface area contributed by atoms with Crippen molar-refractivity contribution in [2.75, 3.05) is 18.0 Å². The van der Waals surface area contributed by atoms with E-state index in [1.54, 1.807) is 0 Å². The van der Waals surface area contributed by atoms with E-state index >= 15 is 0 Å². The Morgan fingerprint density at radius 3 is 2.35 bits per heavy atom. The normalized spacial score (nSPS) is 14.8. The molecule has 1 saturated heterocycles. The van der Waals surface area contributed by atoms with Gasteiger partial charge in [0.2, 0.25) is 5.91 Å². The second kappa shape index (κ2) is 11.0. The molecule has 4 N–H and O–H groups in total. The van der Waals surface area contributed by atoms with Gasteiger partial charge in [-0.05, 0) is 30.4 Å². The van der Waals surface area contributed by atoms with Crippen molar-refractivity contribution in [3.8, 4) is 12.1 Å². The van der Waals surface area contributed by atoms with Gasteiger partial charge in [0.25, 0.3) is 0 Å². The maximum absolute atomic E-state index is 12.2. The van der Waals surface area contributed by atoms with E-state index in [9.17, 15) is 15.3 Å². The molecule has 0 spiro atoms. The van der Waals surface area contributed by atoms with Crippen LogP contribution in [0.5, 0.6) is 0 Å². The number of thioether (sulfide) groups is 1. The van der Waals surface area contributed by atoms with Crippen molar-refractivity contribution in [2.24, 2.45) is 11.5 Å². The van der Waals surface area contributed by atoms with Gasteiger partial charge in [-0.15, -0.1) is 12.4 Å². The van der Waals surface area contributed by atoms with Crippen LogP contribution in [0.1, 0.15) is 47.3 Å². The number of anilines is 1. The number of hydrogen-bond acceptors (Lipinski definition) is 7. The van der Waals surface area contributed by atoms with Crippen LogP contribution in [0.3, 0.4) is 0 Å². The van der Waals surface area contributed by atoms with Crippen LogP contribution in [-0.4, -0.2) is 30.0 Å². The molecule has 1 atom stereocenters. The summed E-state index contributed by atoms with van der Waals surface area (Å²) in [6, 6.07) is 13.8. The minimum Gasteiger partial charge on any atom is -0.368 e. The zero-order valence-corrected chi connectivity index (χ0v) is 18.9. The summed E-state index contributed by atoms with van der Waals surface area (Å²) in [5.41, 5.74) is 13.9. The van der Waals surface area contributed by atoms with Crippen LogP contribution >= 0.6 is 24.2 Å². The van der Waals surface area contributed by atoms with Crippen LogP contribution < -0.4 is 16.4 Å². The van der Waals surface area contributed by atoms with Crippen molar-refractivity contribution in [3.05, 3.63) is 52.6 Å². The summed E-state index contributed by atoms with van der Waals surface area (Å²) in [6.45, 7) is 3.30. The highest BCUT2D eigenvalue weighted by atomic mass is 35.5. The van der Waals surface area contributed by atoms with Gasteiger partial charge in [-0.1, -0.05) is 49.0 Å². The van der Waals surface area contributed by atoms with E-state index in [0.29, 0.717) is 47.0 Å². The highest BCUT2D eigenvalue weighted by Gasteiger charge is 2.28. The molecule has 2 heterocycles. The van der Waals surface area contributed by atoms with Gasteiger partial charge in [0.15, 0.2) is 0 Å². The number of primary amides is 1. The number of pyridine rings is 1. The van der Waals surface area contributed by atoms with E-state index in [1.165, 1.54) is 0 Å². The lowest BCUT2D eigenvalue weighted by molar-refractivity contribution is -0.117. The molecule has 3 rings (SSSR count). The van der Waals surface area contributed by atoms with Gasteiger partial charge in [-0.3, -0.25) is 4.79 Å². The monoisotopic (exact) mass is 456 g/mol. The van der Waals surface area contributed by atoms with Gasteiger partial charge in [0.1, 0.15) is 28.2 Å². The van der Waals surface area contributed by atoms with Gasteiger partial charge in [0.05, 0.1) is 11.1 Å². The molecule has 1 aromatic heterocycles. The molecule has 0 saturated carbocycles. The van der Waals surface area contributed by atoms with E-state index in [2.05, 4.69) is 12.1 Å². The van der Waals surface area contributed by atoms with Crippen molar-refractivity contribution >= 4 is 35.9 Å². The molecule has 7 nitrogen and oxygen atoms in total. The molecule has 1 unspecified atom stereocenters. The SMILES string of the molecule is CCc1c(C#N)c(SC(C(N)=O)c2ccccc2)nc(N2CCC(N)CC2)c1C#N.Cl. The largest absolute Gasteiger partial charge is 0.368 e. The lowest BCUT2D eigenvalue weighted by atomic mass is 10.00. The number of aromatic nitrogens is 1. The summed E-state index contributed by atoms with van der Waals surface area (Å²) in [4.78, 5) is 19.0. The number of nitriles is 2. The average molecular weight is 457 g/mol. The highest BCUT2D eigenvalue weighted by Crippen LogP contribution is 2.39. The van der Waals surface area contributed by atoms with Gasteiger partial charge in [0, 0.05) is 19.1 Å². The Labute approximate surface area is 192 Å². The van der Waals surface area contributed by atoms with Crippen LogP contribution in [0.2, 0.25) is 0 Å². The molecule has 31 heavy (non-hydrogen) atoms. The van der Waals surface area contributed by atoms with Crippen molar-refractivity contribution in [1.82, 2.24) is 4.98 Å². The number of rotatable bonds is 6. The third-order valence-electron chi connectivity index (χ3n) is 5.25. The average Bonchev–Trinajstić information content (AvgIpc) is 2.77. The fourth-order valence-corrected chi connectivity index (χ4v) is 4.70. The van der Waals surface area contributed by atoms with Crippen molar-refractivity contribution in [3.63, 3.8) is 0 Å². The molecule has 9 heteroatoms. The summed E-state index contributed by atoms with van der Waals surface area (Å²) in [5, 5.41) is 19.4. The number of piperidine rings is 1. The lowest BCUT2D eigenvalue weighted by Crippen LogP contribution is -2.40. The molecule has 0 radical (unpaired) electrons. The number of hydrogen-bond donors (Lipinski definition) is 2. The van der Waals surface area contributed by atoms with E-state index < -0.39 is 11.2 Å². The number of amides is 1. The predicted octanol–water partition coefficient (Wildman–Crippen LogP) is 3.06. The van der Waals surface area contributed by atoms with Crippen LogP contribution in [0.25, 0.3) is 0 Å². The summed E-state index contributed by atoms with van der Waals surface area (Å²) < 4.78 is 0. The van der Waals surface area contributed by atoms with Crippen molar-refractivity contribution in [2.45, 2.75) is 42.5 Å². The fourth-order valence-electron chi connectivity index (χ4n) is 3.64. The van der Waals surface area contributed by atoms with Gasteiger partial charge < -0.3 is 16.4 Å². The Kier molecular flexibility index (Phi) is 8.70.